The summed E-state index contributed by atoms with van der Waals surface area (Å²) in [5.41, 5.74) is 0. The van der Waals surface area contributed by atoms with Crippen molar-refractivity contribution in [3.05, 3.63) is 24.5 Å². The number of hydrogen-bond donors (Lipinski definition) is 1. The summed E-state index contributed by atoms with van der Waals surface area (Å²) in [4.78, 5) is 0.995. The summed E-state index contributed by atoms with van der Waals surface area (Å²) in [6.45, 7) is 0. The van der Waals surface area contributed by atoms with Crippen molar-refractivity contribution in [2.75, 3.05) is 0 Å². The summed E-state index contributed by atoms with van der Waals surface area (Å²) in [6.07, 6.45) is 3.92. The molecule has 1 rings (SSSR count). The Hall–Kier alpha value is -0.500. The maximum absolute atomic E-state index is 4.13. The van der Waals surface area contributed by atoms with Gasteiger partial charge in [0, 0.05) is 6.07 Å². The molecule has 0 saturated carbocycles. The van der Waals surface area contributed by atoms with Gasteiger partial charge in [0.1, 0.15) is 7.05 Å². The van der Waals surface area contributed by atoms with E-state index in [9.17, 15) is 0 Å². The molecule has 0 atom stereocenters. The highest BCUT2D eigenvalue weighted by Crippen LogP contribution is 1.96. The van der Waals surface area contributed by atoms with E-state index in [0.717, 1.165) is 4.90 Å². The zero-order valence-electron chi connectivity index (χ0n) is 4.70. The Morgan fingerprint density at radius 2 is 2.38 bits per heavy atom. The third-order valence-electron chi connectivity index (χ3n) is 0.924. The second-order valence-corrected chi connectivity index (χ2v) is 2.24. The molecule has 0 aliphatic heterocycles. The minimum absolute atomic E-state index is 0.995. The van der Waals surface area contributed by atoms with Crippen LogP contribution in [-0.2, 0) is 7.05 Å². The monoisotopic (exact) mass is 126 g/mol. The molecule has 0 N–H and O–H groups in total. The molecule has 0 aliphatic rings. The van der Waals surface area contributed by atoms with Crippen molar-refractivity contribution in [1.82, 2.24) is 0 Å². The van der Waals surface area contributed by atoms with Gasteiger partial charge in [-0.25, -0.2) is 4.57 Å². The molecule has 1 nitrogen and oxygen atoms in total. The topological polar surface area (TPSA) is 3.88 Å². The fraction of sp³-hybridized carbons (Fsp3) is 0.167. The Bertz CT molecular complexity index is 168. The Morgan fingerprint density at radius 3 is 2.75 bits per heavy atom. The molecule has 0 unspecified atom stereocenters. The number of rotatable bonds is 0. The van der Waals surface area contributed by atoms with E-state index in [0.29, 0.717) is 0 Å². The summed E-state index contributed by atoms with van der Waals surface area (Å²) < 4.78 is 1.96. The summed E-state index contributed by atoms with van der Waals surface area (Å²) in [5, 5.41) is 0. The molecule has 0 amide bonds. The highest BCUT2D eigenvalue weighted by molar-refractivity contribution is 7.80. The van der Waals surface area contributed by atoms with Gasteiger partial charge in [-0.05, 0) is 6.07 Å². The molecule has 8 heavy (non-hydrogen) atoms. The Morgan fingerprint density at radius 1 is 1.62 bits per heavy atom. The lowest BCUT2D eigenvalue weighted by Gasteiger charge is -1.84. The minimum atomic E-state index is 0.995. The van der Waals surface area contributed by atoms with Crippen molar-refractivity contribution in [3.63, 3.8) is 0 Å². The average molecular weight is 126 g/mol. The molecule has 1 aromatic heterocycles. The molecular weight excluding hydrogens is 118 g/mol. The van der Waals surface area contributed by atoms with Crippen molar-refractivity contribution in [2.45, 2.75) is 4.90 Å². The first-order valence-electron chi connectivity index (χ1n) is 2.43. The van der Waals surface area contributed by atoms with E-state index in [1.807, 2.05) is 36.1 Å². The number of aryl methyl sites for hydroxylation is 1. The number of thiol groups is 1. The molecule has 42 valence electrons. The van der Waals surface area contributed by atoms with Crippen LogP contribution in [0.25, 0.3) is 0 Å². The first-order valence-corrected chi connectivity index (χ1v) is 2.88. The van der Waals surface area contributed by atoms with Crippen LogP contribution >= 0.6 is 12.6 Å². The fourth-order valence-corrected chi connectivity index (χ4v) is 0.840. The highest BCUT2D eigenvalue weighted by atomic mass is 32.1. The van der Waals surface area contributed by atoms with Crippen LogP contribution in [0.15, 0.2) is 29.4 Å². The highest BCUT2D eigenvalue weighted by Gasteiger charge is 1.88. The molecular formula is C6H8NS+. The molecule has 0 spiro atoms. The maximum Gasteiger partial charge on any atom is 0.181 e. The molecule has 0 bridgehead atoms. The lowest BCUT2D eigenvalue weighted by atomic mass is 10.5. The Balaban J connectivity index is 3.08. The van der Waals surface area contributed by atoms with Gasteiger partial charge in [-0.3, -0.25) is 0 Å². The lowest BCUT2D eigenvalue weighted by Crippen LogP contribution is -2.25. The van der Waals surface area contributed by atoms with Gasteiger partial charge in [0.25, 0.3) is 0 Å². The lowest BCUT2D eigenvalue weighted by molar-refractivity contribution is -0.673. The van der Waals surface area contributed by atoms with Crippen LogP contribution in [0.5, 0.6) is 0 Å². The normalized spacial score (nSPS) is 9.25. The van der Waals surface area contributed by atoms with Gasteiger partial charge in [-0.1, -0.05) is 0 Å². The summed E-state index contributed by atoms with van der Waals surface area (Å²) in [5.74, 6) is 0. The molecule has 0 aromatic carbocycles. The van der Waals surface area contributed by atoms with Crippen LogP contribution in [0.3, 0.4) is 0 Å². The molecule has 0 fully saturated rings. The van der Waals surface area contributed by atoms with E-state index in [4.69, 9.17) is 0 Å². The third-order valence-corrected chi connectivity index (χ3v) is 1.19. The van der Waals surface area contributed by atoms with E-state index in [1.165, 1.54) is 0 Å². The summed E-state index contributed by atoms with van der Waals surface area (Å²) in [6, 6.07) is 3.91. The van der Waals surface area contributed by atoms with Gasteiger partial charge in [-0.2, -0.15) is 0 Å². The van der Waals surface area contributed by atoms with Gasteiger partial charge in [0.05, 0.1) is 4.90 Å². The molecule has 0 saturated heterocycles. The fourth-order valence-electron chi connectivity index (χ4n) is 0.572. The largest absolute Gasteiger partial charge is 0.207 e. The maximum atomic E-state index is 4.13. The van der Waals surface area contributed by atoms with Crippen molar-refractivity contribution in [3.8, 4) is 0 Å². The van der Waals surface area contributed by atoms with E-state index < -0.39 is 0 Å². The van der Waals surface area contributed by atoms with Crippen LogP contribution in [0.2, 0.25) is 0 Å². The van der Waals surface area contributed by atoms with E-state index >= 15 is 0 Å². The predicted octanol–water partition coefficient (Wildman–Crippen LogP) is 0.800. The Labute approximate surface area is 54.4 Å². The Kier molecular flexibility index (Phi) is 1.53. The minimum Gasteiger partial charge on any atom is -0.207 e. The molecule has 2 heteroatoms. The molecule has 1 heterocycles. The molecule has 0 radical (unpaired) electrons. The second kappa shape index (κ2) is 2.18. The zero-order valence-corrected chi connectivity index (χ0v) is 5.60. The van der Waals surface area contributed by atoms with E-state index in [1.54, 1.807) is 0 Å². The quantitative estimate of drug-likeness (QED) is 0.387. The van der Waals surface area contributed by atoms with E-state index in [2.05, 4.69) is 12.6 Å². The van der Waals surface area contributed by atoms with Crippen LogP contribution < -0.4 is 4.57 Å². The van der Waals surface area contributed by atoms with Crippen LogP contribution in [0, 0.1) is 0 Å². The van der Waals surface area contributed by atoms with E-state index in [-0.39, 0.29) is 0 Å². The number of aromatic nitrogens is 1. The molecule has 1 aromatic rings. The standard InChI is InChI=1S/C6H7NS/c1-7-4-2-3-6(8)5-7/h2-5H,1H3/p+1. The first kappa shape index (κ1) is 5.63. The van der Waals surface area contributed by atoms with Crippen molar-refractivity contribution in [1.29, 1.82) is 0 Å². The van der Waals surface area contributed by atoms with Gasteiger partial charge >= 0.3 is 0 Å². The van der Waals surface area contributed by atoms with Gasteiger partial charge in [0.2, 0.25) is 0 Å². The van der Waals surface area contributed by atoms with Crippen molar-refractivity contribution >= 4 is 12.6 Å². The SMILES string of the molecule is C[n+]1cccc(S)c1. The van der Waals surface area contributed by atoms with Crippen molar-refractivity contribution in [2.24, 2.45) is 7.05 Å². The average Bonchev–Trinajstić information content (AvgIpc) is 1.64. The van der Waals surface area contributed by atoms with Gasteiger partial charge in [0.15, 0.2) is 12.4 Å². The van der Waals surface area contributed by atoms with Crippen LogP contribution in [-0.4, -0.2) is 0 Å². The number of hydrogen-bond acceptors (Lipinski definition) is 1. The molecule has 0 aliphatic carbocycles. The van der Waals surface area contributed by atoms with Crippen molar-refractivity contribution < 1.29 is 4.57 Å². The number of pyridine rings is 1. The summed E-state index contributed by atoms with van der Waals surface area (Å²) >= 11 is 4.13. The van der Waals surface area contributed by atoms with Crippen LogP contribution in [0.1, 0.15) is 0 Å². The second-order valence-electron chi connectivity index (χ2n) is 1.73. The summed E-state index contributed by atoms with van der Waals surface area (Å²) in [7, 11) is 1.97. The third kappa shape index (κ3) is 1.23. The van der Waals surface area contributed by atoms with Crippen LogP contribution in [0.4, 0.5) is 0 Å². The predicted molar refractivity (Wildman–Crippen MR) is 34.9 cm³/mol. The van der Waals surface area contributed by atoms with Gasteiger partial charge in [-0.15, -0.1) is 12.6 Å². The zero-order chi connectivity index (χ0) is 5.98. The first-order chi connectivity index (χ1) is 3.79. The smallest absolute Gasteiger partial charge is 0.181 e. The van der Waals surface area contributed by atoms with Gasteiger partial charge < -0.3 is 0 Å². The number of nitrogens with zero attached hydrogens (tertiary/aromatic N) is 1.